The molecule has 0 radical (unpaired) electrons. The molecule has 0 bridgehead atoms. The molecule has 0 amide bonds. The lowest BCUT2D eigenvalue weighted by molar-refractivity contribution is -0.138. The molecule has 2 atom stereocenters. The van der Waals surface area contributed by atoms with Gasteiger partial charge in [-0.05, 0) is 31.7 Å². The van der Waals surface area contributed by atoms with Crippen molar-refractivity contribution in [3.05, 3.63) is 0 Å². The normalized spacial score (nSPS) is 24.3. The van der Waals surface area contributed by atoms with Crippen molar-refractivity contribution in [1.29, 1.82) is 0 Å². The van der Waals surface area contributed by atoms with Crippen LogP contribution in [0.4, 0.5) is 0 Å². The number of carbonyl (C=O) groups is 1. The van der Waals surface area contributed by atoms with Crippen molar-refractivity contribution in [3.8, 4) is 0 Å². The maximum absolute atomic E-state index is 10.6. The van der Waals surface area contributed by atoms with Crippen molar-refractivity contribution in [2.45, 2.75) is 52.0 Å². The molecule has 2 unspecified atom stereocenters. The number of likely N-dealkylation sites (tertiary alicyclic amines) is 1. The summed E-state index contributed by atoms with van der Waals surface area (Å²) < 4.78 is 0. The van der Waals surface area contributed by atoms with Gasteiger partial charge in [0, 0.05) is 19.0 Å². The molecule has 1 aliphatic heterocycles. The summed E-state index contributed by atoms with van der Waals surface area (Å²) in [4.78, 5) is 13.1. The van der Waals surface area contributed by atoms with Gasteiger partial charge in [0.05, 0.1) is 0 Å². The highest BCUT2D eigenvalue weighted by atomic mass is 16.4. The lowest BCUT2D eigenvalue weighted by atomic mass is 10.1. The van der Waals surface area contributed by atoms with Crippen LogP contribution < -0.4 is 0 Å². The van der Waals surface area contributed by atoms with Crippen molar-refractivity contribution in [3.63, 3.8) is 0 Å². The first-order valence-electron chi connectivity index (χ1n) is 6.13. The number of nitrogens with zero attached hydrogens (tertiary/aromatic N) is 1. The number of carboxylic acid groups (broad SMARTS) is 1. The maximum atomic E-state index is 10.6. The molecule has 0 aromatic heterocycles. The molecule has 0 aliphatic carbocycles. The molecular weight excluding hydrogens is 190 g/mol. The molecule has 1 saturated heterocycles. The fourth-order valence-electron chi connectivity index (χ4n) is 2.59. The zero-order chi connectivity index (χ0) is 11.3. The number of aliphatic carboxylic acids is 1. The highest BCUT2D eigenvalue weighted by Gasteiger charge is 2.27. The summed E-state index contributed by atoms with van der Waals surface area (Å²) >= 11 is 0. The van der Waals surface area contributed by atoms with Crippen LogP contribution in [0.5, 0.6) is 0 Å². The molecule has 0 aromatic rings. The largest absolute Gasteiger partial charge is 0.481 e. The van der Waals surface area contributed by atoms with E-state index in [4.69, 9.17) is 5.11 Å². The van der Waals surface area contributed by atoms with E-state index in [0.29, 0.717) is 18.4 Å². The Morgan fingerprint density at radius 1 is 1.53 bits per heavy atom. The molecule has 15 heavy (non-hydrogen) atoms. The van der Waals surface area contributed by atoms with Crippen LogP contribution in [0.3, 0.4) is 0 Å². The summed E-state index contributed by atoms with van der Waals surface area (Å²) in [6.45, 7) is 6.53. The van der Waals surface area contributed by atoms with E-state index >= 15 is 0 Å². The standard InChI is InChI=1S/C12H23NO2/c1-3-5-11(4-2)13-7-6-10(9-13)8-12(14)15/h10-11H,3-9H2,1-2H3,(H,14,15). The van der Waals surface area contributed by atoms with E-state index in [9.17, 15) is 4.79 Å². The van der Waals surface area contributed by atoms with Gasteiger partial charge in [0.15, 0.2) is 0 Å². The van der Waals surface area contributed by atoms with E-state index in [2.05, 4.69) is 18.7 Å². The topological polar surface area (TPSA) is 40.5 Å². The molecule has 88 valence electrons. The molecule has 3 heteroatoms. The number of carboxylic acids is 1. The van der Waals surface area contributed by atoms with Crippen LogP contribution in [-0.2, 0) is 4.79 Å². The second-order valence-electron chi connectivity index (χ2n) is 4.60. The minimum Gasteiger partial charge on any atom is -0.481 e. The van der Waals surface area contributed by atoms with E-state index in [1.807, 2.05) is 0 Å². The van der Waals surface area contributed by atoms with Crippen LogP contribution in [0.2, 0.25) is 0 Å². The molecule has 1 heterocycles. The van der Waals surface area contributed by atoms with Gasteiger partial charge >= 0.3 is 5.97 Å². The average Bonchev–Trinajstić information content (AvgIpc) is 2.61. The SMILES string of the molecule is CCCC(CC)N1CCC(CC(=O)O)C1. The van der Waals surface area contributed by atoms with Crippen LogP contribution in [0.15, 0.2) is 0 Å². The fourth-order valence-corrected chi connectivity index (χ4v) is 2.59. The van der Waals surface area contributed by atoms with Crippen molar-refractivity contribution in [1.82, 2.24) is 4.90 Å². The Bertz CT molecular complexity index is 206. The number of hydrogen-bond donors (Lipinski definition) is 1. The molecule has 0 aromatic carbocycles. The Morgan fingerprint density at radius 3 is 2.80 bits per heavy atom. The quantitative estimate of drug-likeness (QED) is 0.736. The van der Waals surface area contributed by atoms with Crippen molar-refractivity contribution in [2.24, 2.45) is 5.92 Å². The van der Waals surface area contributed by atoms with Gasteiger partial charge in [0.25, 0.3) is 0 Å². The summed E-state index contributed by atoms with van der Waals surface area (Å²) in [5.41, 5.74) is 0. The van der Waals surface area contributed by atoms with Crippen molar-refractivity contribution >= 4 is 5.97 Å². The first kappa shape index (κ1) is 12.5. The minimum atomic E-state index is -0.648. The fraction of sp³-hybridized carbons (Fsp3) is 0.917. The zero-order valence-corrected chi connectivity index (χ0v) is 9.91. The Kier molecular flexibility index (Phi) is 5.09. The molecule has 0 spiro atoms. The van der Waals surface area contributed by atoms with Crippen LogP contribution in [0.25, 0.3) is 0 Å². The summed E-state index contributed by atoms with van der Waals surface area (Å²) in [6, 6.07) is 0.675. The van der Waals surface area contributed by atoms with E-state index in [0.717, 1.165) is 19.5 Å². The van der Waals surface area contributed by atoms with Gasteiger partial charge < -0.3 is 10.0 Å². The Hall–Kier alpha value is -0.570. The Balaban J connectivity index is 2.36. The minimum absolute atomic E-state index is 0.346. The number of rotatable bonds is 6. The van der Waals surface area contributed by atoms with Crippen molar-refractivity contribution < 1.29 is 9.90 Å². The van der Waals surface area contributed by atoms with E-state index in [-0.39, 0.29) is 0 Å². The van der Waals surface area contributed by atoms with Gasteiger partial charge in [-0.2, -0.15) is 0 Å². The van der Waals surface area contributed by atoms with Gasteiger partial charge in [-0.3, -0.25) is 4.79 Å². The van der Waals surface area contributed by atoms with Crippen LogP contribution in [-0.4, -0.2) is 35.1 Å². The highest BCUT2D eigenvalue weighted by Crippen LogP contribution is 2.24. The van der Waals surface area contributed by atoms with Crippen LogP contribution >= 0.6 is 0 Å². The molecular formula is C12H23NO2. The van der Waals surface area contributed by atoms with Gasteiger partial charge in [-0.15, -0.1) is 0 Å². The first-order chi connectivity index (χ1) is 7.17. The van der Waals surface area contributed by atoms with Crippen molar-refractivity contribution in [2.75, 3.05) is 13.1 Å². The summed E-state index contributed by atoms with van der Waals surface area (Å²) in [5.74, 6) is -0.265. The zero-order valence-electron chi connectivity index (χ0n) is 9.91. The predicted octanol–water partition coefficient (Wildman–Crippen LogP) is 2.36. The maximum Gasteiger partial charge on any atom is 0.303 e. The second kappa shape index (κ2) is 6.11. The van der Waals surface area contributed by atoms with E-state index < -0.39 is 5.97 Å². The lowest BCUT2D eigenvalue weighted by Crippen LogP contribution is -2.32. The smallest absolute Gasteiger partial charge is 0.303 e. The van der Waals surface area contributed by atoms with Gasteiger partial charge in [0.2, 0.25) is 0 Å². The lowest BCUT2D eigenvalue weighted by Gasteiger charge is -2.26. The number of hydrogen-bond acceptors (Lipinski definition) is 2. The summed E-state index contributed by atoms with van der Waals surface area (Å²) in [5, 5.41) is 8.74. The predicted molar refractivity (Wildman–Crippen MR) is 60.9 cm³/mol. The third-order valence-electron chi connectivity index (χ3n) is 3.39. The Labute approximate surface area is 92.5 Å². The average molecular weight is 213 g/mol. The van der Waals surface area contributed by atoms with Crippen LogP contribution in [0, 0.1) is 5.92 Å². The van der Waals surface area contributed by atoms with Gasteiger partial charge in [0.1, 0.15) is 0 Å². The van der Waals surface area contributed by atoms with Gasteiger partial charge in [-0.1, -0.05) is 20.3 Å². The van der Waals surface area contributed by atoms with Crippen LogP contribution in [0.1, 0.15) is 46.0 Å². The molecule has 1 N–H and O–H groups in total. The molecule has 1 rings (SSSR count). The van der Waals surface area contributed by atoms with Gasteiger partial charge in [-0.25, -0.2) is 0 Å². The summed E-state index contributed by atoms with van der Waals surface area (Å²) in [7, 11) is 0. The molecule has 1 aliphatic rings. The molecule has 3 nitrogen and oxygen atoms in total. The second-order valence-corrected chi connectivity index (χ2v) is 4.60. The Morgan fingerprint density at radius 2 is 2.27 bits per heavy atom. The monoisotopic (exact) mass is 213 g/mol. The highest BCUT2D eigenvalue weighted by molar-refractivity contribution is 5.67. The third kappa shape index (κ3) is 3.82. The molecule has 1 fully saturated rings. The molecule has 0 saturated carbocycles. The van der Waals surface area contributed by atoms with E-state index in [1.165, 1.54) is 19.3 Å². The first-order valence-corrected chi connectivity index (χ1v) is 6.13. The summed E-state index contributed by atoms with van der Waals surface area (Å²) in [6.07, 6.45) is 5.06. The van der Waals surface area contributed by atoms with E-state index in [1.54, 1.807) is 0 Å². The third-order valence-corrected chi connectivity index (χ3v) is 3.39.